The highest BCUT2D eigenvalue weighted by Gasteiger charge is 2.26. The van der Waals surface area contributed by atoms with E-state index >= 15 is 0 Å². The van der Waals surface area contributed by atoms with Crippen molar-refractivity contribution in [3.63, 3.8) is 0 Å². The fourth-order valence-corrected chi connectivity index (χ4v) is 3.42. The van der Waals surface area contributed by atoms with E-state index in [1.807, 2.05) is 6.92 Å². The quantitative estimate of drug-likeness (QED) is 0.460. The van der Waals surface area contributed by atoms with Gasteiger partial charge in [-0.3, -0.25) is 4.79 Å². The average molecular weight is 421 g/mol. The van der Waals surface area contributed by atoms with Crippen molar-refractivity contribution >= 4 is 5.97 Å². The van der Waals surface area contributed by atoms with Crippen molar-refractivity contribution in [2.24, 2.45) is 0 Å². The van der Waals surface area contributed by atoms with Crippen LogP contribution in [0.2, 0.25) is 0 Å². The number of hydrogen-bond acceptors (Lipinski definition) is 5. The molecule has 0 fully saturated rings. The first-order chi connectivity index (χ1) is 14.9. The topological polar surface area (TPSA) is 75.3 Å². The Morgan fingerprint density at radius 2 is 1.71 bits per heavy atom. The van der Waals surface area contributed by atoms with Crippen LogP contribution in [0.15, 0.2) is 65.7 Å². The number of halogens is 1. The molecular weight excluding hydrogens is 401 g/mol. The number of nitrogens with zero attached hydrogens (tertiary/aromatic N) is 3. The smallest absolute Gasteiger partial charge is 0.341 e. The Hall–Kier alpha value is -3.94. The lowest BCUT2D eigenvalue weighted by molar-refractivity contribution is 0.0600. The zero-order valence-corrected chi connectivity index (χ0v) is 17.2. The second-order valence-electron chi connectivity index (χ2n) is 7.02. The normalized spacial score (nSPS) is 12.0. The highest BCUT2D eigenvalue weighted by Crippen LogP contribution is 2.27. The van der Waals surface area contributed by atoms with Gasteiger partial charge in [0.15, 0.2) is 0 Å². The minimum atomic E-state index is -0.606. The highest BCUT2D eigenvalue weighted by molar-refractivity contribution is 5.96. The van der Waals surface area contributed by atoms with Gasteiger partial charge < -0.3 is 14.0 Å². The molecule has 0 aliphatic carbocycles. The van der Waals surface area contributed by atoms with Gasteiger partial charge in [-0.25, -0.2) is 9.18 Å². The number of ether oxygens (including phenoxy) is 2. The van der Waals surface area contributed by atoms with E-state index in [0.717, 1.165) is 5.56 Å². The van der Waals surface area contributed by atoms with E-state index in [2.05, 4.69) is 5.10 Å². The van der Waals surface area contributed by atoms with E-state index < -0.39 is 5.97 Å². The van der Waals surface area contributed by atoms with Crippen LogP contribution in [0, 0.1) is 5.82 Å². The van der Waals surface area contributed by atoms with Crippen LogP contribution in [0.3, 0.4) is 0 Å². The van der Waals surface area contributed by atoms with Crippen LogP contribution in [0.1, 0.15) is 28.9 Å². The number of carbonyl (C=O) groups excluding carboxylic acids is 1. The summed E-state index contributed by atoms with van der Waals surface area (Å²) in [6, 6.07) is 12.6. The summed E-state index contributed by atoms with van der Waals surface area (Å²) in [5.74, 6) is -0.298. The van der Waals surface area contributed by atoms with Gasteiger partial charge in [0.2, 0.25) is 0 Å². The van der Waals surface area contributed by atoms with Crippen LogP contribution in [-0.4, -0.2) is 34.5 Å². The summed E-state index contributed by atoms with van der Waals surface area (Å²) < 4.78 is 26.3. The van der Waals surface area contributed by atoms with Gasteiger partial charge in [0.05, 0.1) is 31.5 Å². The Balaban J connectivity index is 1.89. The van der Waals surface area contributed by atoms with Crippen LogP contribution < -0.4 is 10.3 Å². The molecule has 0 saturated heterocycles. The maximum Gasteiger partial charge on any atom is 0.341 e. The molecule has 31 heavy (non-hydrogen) atoms. The third-order valence-corrected chi connectivity index (χ3v) is 5.21. The van der Waals surface area contributed by atoms with Gasteiger partial charge >= 0.3 is 5.97 Å². The number of pyridine rings is 1. The largest absolute Gasteiger partial charge is 0.497 e. The van der Waals surface area contributed by atoms with Crippen LogP contribution in [0.4, 0.5) is 4.39 Å². The lowest BCUT2D eigenvalue weighted by Crippen LogP contribution is -2.17. The molecule has 2 aliphatic heterocycles. The van der Waals surface area contributed by atoms with E-state index in [9.17, 15) is 14.0 Å². The fourth-order valence-electron chi connectivity index (χ4n) is 3.42. The van der Waals surface area contributed by atoms with Crippen molar-refractivity contribution in [1.29, 1.82) is 0 Å². The van der Waals surface area contributed by atoms with Gasteiger partial charge in [-0.2, -0.15) is 9.78 Å². The van der Waals surface area contributed by atoms with Gasteiger partial charge in [-0.1, -0.05) is 12.1 Å². The summed E-state index contributed by atoms with van der Waals surface area (Å²) in [5.41, 5.74) is 1.67. The molecule has 2 aromatic carbocycles. The minimum absolute atomic E-state index is 0.165. The molecule has 7 nitrogen and oxygen atoms in total. The lowest BCUT2D eigenvalue weighted by atomic mass is 10.1. The first-order valence-corrected chi connectivity index (χ1v) is 9.55. The molecule has 158 valence electrons. The predicted octanol–water partition coefficient (Wildman–Crippen LogP) is 3.68. The molecule has 0 N–H and O–H groups in total. The Bertz CT molecular complexity index is 1260. The standard InChI is InChI=1S/C23H20FN3O4/c1-14(15-4-6-16(24)7-5-15)26-12-19-21(20(13-26)23(29)31-3)25-27(22(19)28)17-8-10-18(30-2)11-9-17/h4-14H,1-3H3. The molecule has 0 bridgehead atoms. The molecule has 0 aromatic heterocycles. The molecule has 2 aromatic rings. The molecule has 1 atom stereocenters. The van der Waals surface area contributed by atoms with Gasteiger partial charge in [-0.05, 0) is 48.9 Å². The van der Waals surface area contributed by atoms with Crippen LogP contribution in [-0.2, 0) is 4.74 Å². The third-order valence-electron chi connectivity index (χ3n) is 5.21. The number of benzene rings is 2. The molecule has 0 amide bonds. The molecule has 0 spiro atoms. The van der Waals surface area contributed by atoms with Crippen LogP contribution in [0.5, 0.6) is 5.75 Å². The average Bonchev–Trinajstić information content (AvgIpc) is 3.14. The number of fused-ring (bicyclic) bond motifs is 1. The van der Waals surface area contributed by atoms with E-state index in [0.29, 0.717) is 11.4 Å². The second kappa shape index (κ2) is 8.06. The van der Waals surface area contributed by atoms with Crippen molar-refractivity contribution in [2.45, 2.75) is 13.0 Å². The first-order valence-electron chi connectivity index (χ1n) is 9.55. The lowest BCUT2D eigenvalue weighted by Gasteiger charge is -2.19. The van der Waals surface area contributed by atoms with Gasteiger partial charge in [0, 0.05) is 12.4 Å². The molecule has 8 heteroatoms. The Labute approximate surface area is 177 Å². The van der Waals surface area contributed by atoms with Gasteiger partial charge in [0.25, 0.3) is 5.56 Å². The molecule has 4 rings (SSSR count). The predicted molar refractivity (Wildman–Crippen MR) is 113 cm³/mol. The number of methoxy groups -OCH3 is 2. The third kappa shape index (κ3) is 3.68. The van der Waals surface area contributed by atoms with E-state index in [1.54, 1.807) is 60.5 Å². The zero-order chi connectivity index (χ0) is 22.1. The van der Waals surface area contributed by atoms with Gasteiger partial charge in [0.1, 0.15) is 22.8 Å². The Morgan fingerprint density at radius 1 is 1.03 bits per heavy atom. The monoisotopic (exact) mass is 421 g/mol. The zero-order valence-electron chi connectivity index (χ0n) is 17.2. The fraction of sp³-hybridized carbons (Fsp3) is 0.174. The summed E-state index contributed by atoms with van der Waals surface area (Å²) >= 11 is 0. The van der Waals surface area contributed by atoms with Crippen molar-refractivity contribution in [2.75, 3.05) is 14.2 Å². The summed E-state index contributed by atoms with van der Waals surface area (Å²) in [6.07, 6.45) is 3.23. The molecular formula is C23H20FN3O4. The maximum atomic E-state index is 13.3. The summed E-state index contributed by atoms with van der Waals surface area (Å²) in [6.45, 7) is 1.89. The maximum absolute atomic E-state index is 13.3. The molecule has 2 heterocycles. The van der Waals surface area contributed by atoms with E-state index in [4.69, 9.17) is 9.47 Å². The van der Waals surface area contributed by atoms with Crippen molar-refractivity contribution in [1.82, 2.24) is 14.3 Å². The van der Waals surface area contributed by atoms with E-state index in [-0.39, 0.29) is 34.2 Å². The first kappa shape index (κ1) is 20.3. The number of carbonyl (C=O) groups is 1. The number of rotatable bonds is 5. The van der Waals surface area contributed by atoms with Gasteiger partial charge in [-0.15, -0.1) is 0 Å². The molecule has 2 aliphatic rings. The number of esters is 1. The number of aromatic nitrogens is 3. The highest BCUT2D eigenvalue weighted by atomic mass is 19.1. The van der Waals surface area contributed by atoms with Crippen molar-refractivity contribution in [3.8, 4) is 22.7 Å². The molecule has 0 saturated carbocycles. The minimum Gasteiger partial charge on any atom is -0.497 e. The van der Waals surface area contributed by atoms with Crippen molar-refractivity contribution < 1.29 is 18.7 Å². The Morgan fingerprint density at radius 3 is 2.32 bits per heavy atom. The SMILES string of the molecule is COC(=O)c1cn(C(C)c2ccc(F)cc2)cc2c(=O)n(-c3ccc(OC)cc3)nc1-2. The van der Waals surface area contributed by atoms with Crippen LogP contribution >= 0.6 is 0 Å². The Kier molecular flexibility index (Phi) is 5.29. The summed E-state index contributed by atoms with van der Waals surface area (Å²) in [4.78, 5) is 25.6. The summed E-state index contributed by atoms with van der Waals surface area (Å²) in [7, 11) is 2.83. The second-order valence-corrected chi connectivity index (χ2v) is 7.02. The van der Waals surface area contributed by atoms with E-state index in [1.165, 1.54) is 23.9 Å². The summed E-state index contributed by atoms with van der Waals surface area (Å²) in [5, 5.41) is 4.39. The van der Waals surface area contributed by atoms with Crippen molar-refractivity contribution in [3.05, 3.63) is 88.2 Å². The molecule has 1 unspecified atom stereocenters. The number of hydrogen-bond donors (Lipinski definition) is 0. The van der Waals surface area contributed by atoms with Crippen LogP contribution in [0.25, 0.3) is 16.9 Å². The molecule has 0 radical (unpaired) electrons.